The third kappa shape index (κ3) is 7.38. The maximum Gasteiger partial charge on any atom is 0.303 e. The Morgan fingerprint density at radius 3 is 2.20 bits per heavy atom. The molecule has 10 nitrogen and oxygen atoms in total. The van der Waals surface area contributed by atoms with E-state index in [-0.39, 0.29) is 54.7 Å². The van der Waals surface area contributed by atoms with Crippen molar-refractivity contribution in [3.63, 3.8) is 0 Å². The summed E-state index contributed by atoms with van der Waals surface area (Å²) in [5.74, 6) is -2.13. The van der Waals surface area contributed by atoms with Gasteiger partial charge in [-0.15, -0.1) is 0 Å². The number of carbonyl (C=O) groups is 4. The number of carbonyl (C=O) groups excluding carboxylic acids is 2. The zero-order valence-corrected chi connectivity index (χ0v) is 27.9. The SMILES string of the molecule is CC1=C([C@@H](C)S)C(=O)N[C@@H]1Cc1[nH]c(/C=c2\[nH]/c(=C/C3=NC(=O)C(C)/C3=C\CS)c(C)c2CCC(=O)O)c(CCC(=O)O)c1C. The molecule has 2 aromatic rings. The first-order chi connectivity index (χ1) is 21.2. The molecule has 0 saturated carbocycles. The molecule has 0 saturated heterocycles. The summed E-state index contributed by atoms with van der Waals surface area (Å²) in [6.45, 7) is 9.43. The molecule has 0 radical (unpaired) electrons. The van der Waals surface area contributed by atoms with Crippen LogP contribution in [0.5, 0.6) is 0 Å². The largest absolute Gasteiger partial charge is 0.481 e. The van der Waals surface area contributed by atoms with E-state index in [1.54, 1.807) is 6.92 Å². The van der Waals surface area contributed by atoms with Crippen molar-refractivity contribution in [2.75, 3.05) is 5.75 Å². The van der Waals surface area contributed by atoms with Crippen LogP contribution in [0.3, 0.4) is 0 Å². The van der Waals surface area contributed by atoms with Crippen molar-refractivity contribution in [3.8, 4) is 0 Å². The van der Waals surface area contributed by atoms with E-state index in [0.29, 0.717) is 39.9 Å². The van der Waals surface area contributed by atoms with Gasteiger partial charge in [-0.05, 0) is 93.0 Å². The van der Waals surface area contributed by atoms with Crippen molar-refractivity contribution in [1.29, 1.82) is 0 Å². The monoisotopic (exact) mass is 652 g/mol. The Labute approximate surface area is 272 Å². The molecule has 2 amide bonds. The highest BCUT2D eigenvalue weighted by atomic mass is 32.1. The number of aromatic nitrogens is 2. The fourth-order valence-electron chi connectivity index (χ4n) is 6.15. The Morgan fingerprint density at radius 1 is 0.978 bits per heavy atom. The van der Waals surface area contributed by atoms with Gasteiger partial charge in [0.05, 0.1) is 17.7 Å². The minimum absolute atomic E-state index is 0.0691. The lowest BCUT2D eigenvalue weighted by Crippen LogP contribution is -2.31. The van der Waals surface area contributed by atoms with E-state index in [4.69, 9.17) is 0 Å². The summed E-state index contributed by atoms with van der Waals surface area (Å²) < 4.78 is 0. The van der Waals surface area contributed by atoms with Gasteiger partial charge in [-0.2, -0.15) is 25.3 Å². The molecule has 4 heterocycles. The lowest BCUT2D eigenvalue weighted by molar-refractivity contribution is -0.138. The van der Waals surface area contributed by atoms with Crippen LogP contribution in [-0.4, -0.2) is 66.7 Å². The van der Waals surface area contributed by atoms with E-state index in [9.17, 15) is 29.4 Å². The molecule has 3 atom stereocenters. The molecule has 2 aromatic heterocycles. The second-order valence-corrected chi connectivity index (χ2v) is 12.8. The topological polar surface area (TPSA) is 165 Å². The number of aliphatic imine (C=N–C) groups is 1. The Balaban J connectivity index is 1.86. The molecule has 2 aliphatic rings. The predicted octanol–water partition coefficient (Wildman–Crippen LogP) is 2.75. The second kappa shape index (κ2) is 14.1. The molecule has 240 valence electrons. The molecule has 0 bridgehead atoms. The van der Waals surface area contributed by atoms with Gasteiger partial charge in [0.2, 0.25) is 5.91 Å². The Morgan fingerprint density at radius 2 is 1.62 bits per heavy atom. The molecular weight excluding hydrogens is 613 g/mol. The number of nitrogens with zero attached hydrogens (tertiary/aromatic N) is 1. The molecule has 0 spiro atoms. The minimum atomic E-state index is -0.928. The Hall–Kier alpha value is -3.77. The predicted molar refractivity (Wildman–Crippen MR) is 181 cm³/mol. The van der Waals surface area contributed by atoms with Crippen LogP contribution in [0.2, 0.25) is 0 Å². The van der Waals surface area contributed by atoms with Gasteiger partial charge in [0, 0.05) is 57.9 Å². The van der Waals surface area contributed by atoms with Crippen LogP contribution in [0.15, 0.2) is 27.8 Å². The normalized spacial score (nSPS) is 20.9. The van der Waals surface area contributed by atoms with E-state index in [1.165, 1.54) is 0 Å². The number of aliphatic carboxylic acids is 2. The van der Waals surface area contributed by atoms with Crippen molar-refractivity contribution < 1.29 is 29.4 Å². The molecule has 2 aliphatic heterocycles. The first-order valence-corrected chi connectivity index (χ1v) is 16.1. The minimum Gasteiger partial charge on any atom is -0.481 e. The maximum atomic E-state index is 12.6. The number of thiol groups is 2. The van der Waals surface area contributed by atoms with Crippen LogP contribution in [0, 0.1) is 19.8 Å². The molecule has 0 aliphatic carbocycles. The van der Waals surface area contributed by atoms with Gasteiger partial charge in [0.25, 0.3) is 5.91 Å². The molecule has 0 fully saturated rings. The zero-order valence-electron chi connectivity index (χ0n) is 26.1. The van der Waals surface area contributed by atoms with Gasteiger partial charge in [0.1, 0.15) is 0 Å². The summed E-state index contributed by atoms with van der Waals surface area (Å²) in [7, 11) is 0. The first-order valence-electron chi connectivity index (χ1n) is 14.9. The van der Waals surface area contributed by atoms with Crippen molar-refractivity contribution >= 4 is 66.9 Å². The average Bonchev–Trinajstić information content (AvgIpc) is 3.60. The van der Waals surface area contributed by atoms with E-state index in [0.717, 1.165) is 39.1 Å². The quantitative estimate of drug-likeness (QED) is 0.174. The van der Waals surface area contributed by atoms with Crippen LogP contribution in [-0.2, 0) is 38.4 Å². The number of hydrogen-bond acceptors (Lipinski definition) is 6. The summed E-state index contributed by atoms with van der Waals surface area (Å²) in [6.07, 6.45) is 6.45. The lowest BCUT2D eigenvalue weighted by Gasteiger charge is -2.12. The summed E-state index contributed by atoms with van der Waals surface area (Å²) in [4.78, 5) is 59.3. The van der Waals surface area contributed by atoms with Crippen LogP contribution in [0.1, 0.15) is 67.3 Å². The summed E-state index contributed by atoms with van der Waals surface area (Å²) in [6, 6.07) is -0.225. The van der Waals surface area contributed by atoms with Crippen molar-refractivity contribution in [3.05, 3.63) is 67.1 Å². The van der Waals surface area contributed by atoms with Gasteiger partial charge < -0.3 is 25.5 Å². The number of hydrogen-bond donors (Lipinski definition) is 7. The number of carboxylic acid groups (broad SMARTS) is 2. The summed E-state index contributed by atoms with van der Waals surface area (Å²) >= 11 is 8.76. The fraction of sp³-hybridized carbons (Fsp3) is 0.424. The van der Waals surface area contributed by atoms with Crippen molar-refractivity contribution in [2.24, 2.45) is 10.9 Å². The highest BCUT2D eigenvalue weighted by Gasteiger charge is 2.32. The zero-order chi connectivity index (χ0) is 33.2. The van der Waals surface area contributed by atoms with Gasteiger partial charge >= 0.3 is 11.9 Å². The second-order valence-electron chi connectivity index (χ2n) is 11.7. The molecular formula is C33H40N4O6S2. The number of aromatic amines is 2. The molecule has 4 rings (SSSR count). The van der Waals surface area contributed by atoms with Gasteiger partial charge in [0.15, 0.2) is 0 Å². The van der Waals surface area contributed by atoms with Crippen LogP contribution < -0.4 is 16.0 Å². The number of rotatable bonds is 12. The standard InChI is InChI=1S/C33H40N4O6S2/c1-15-20(6-8-29(38)39)26(34-23(15)12-25-18(4)31(19(5)45)33(43)36-25)14-27-21(7-9-30(40)41)16(2)24(35-27)13-28-22(10-11-44)17(3)32(42)37-28/h10,13-14,17,19,25,34-35,44-45H,6-9,11-12H2,1-5H3,(H,36,43)(H,38,39)(H,40,41)/b22-10+,24-13+,27-14-/t17?,19-,25-/m1/s1. The third-order valence-corrected chi connectivity index (χ3v) is 9.15. The van der Waals surface area contributed by atoms with Gasteiger partial charge in [-0.3, -0.25) is 19.2 Å². The van der Waals surface area contributed by atoms with E-state index >= 15 is 0 Å². The molecule has 45 heavy (non-hydrogen) atoms. The van der Waals surface area contributed by atoms with E-state index in [1.807, 2.05) is 45.9 Å². The third-order valence-electron chi connectivity index (χ3n) is 8.71. The molecule has 1 unspecified atom stereocenters. The fourth-order valence-corrected chi connectivity index (χ4v) is 6.67. The lowest BCUT2D eigenvalue weighted by atomic mass is 9.98. The van der Waals surface area contributed by atoms with Crippen LogP contribution in [0.4, 0.5) is 0 Å². The smallest absolute Gasteiger partial charge is 0.303 e. The van der Waals surface area contributed by atoms with Crippen molar-refractivity contribution in [1.82, 2.24) is 15.3 Å². The number of amides is 2. The number of nitrogens with one attached hydrogen (secondary N) is 3. The van der Waals surface area contributed by atoms with E-state index < -0.39 is 11.9 Å². The van der Waals surface area contributed by atoms with Crippen LogP contribution >= 0.6 is 25.3 Å². The maximum absolute atomic E-state index is 12.6. The molecule has 0 aromatic carbocycles. The van der Waals surface area contributed by atoms with Crippen molar-refractivity contribution in [2.45, 2.75) is 78.0 Å². The van der Waals surface area contributed by atoms with Gasteiger partial charge in [-0.1, -0.05) is 6.08 Å². The highest BCUT2D eigenvalue weighted by molar-refractivity contribution is 7.81. The summed E-state index contributed by atoms with van der Waals surface area (Å²) in [5, 5.41) is 23.2. The van der Waals surface area contributed by atoms with E-state index in [2.05, 4.69) is 45.5 Å². The number of H-pyrrole nitrogens is 2. The molecule has 5 N–H and O–H groups in total. The number of carboxylic acids is 2. The van der Waals surface area contributed by atoms with Gasteiger partial charge in [-0.25, -0.2) is 4.99 Å². The van der Waals surface area contributed by atoms with Crippen LogP contribution in [0.25, 0.3) is 12.2 Å². The molecule has 12 heteroatoms. The summed E-state index contributed by atoms with van der Waals surface area (Å²) in [5.41, 5.74) is 7.88. The average molecular weight is 653 g/mol. The Kier molecular flexibility index (Phi) is 10.7. The Bertz CT molecular complexity index is 1780. The highest BCUT2D eigenvalue weighted by Crippen LogP contribution is 2.28. The first kappa shape index (κ1) is 34.1.